The van der Waals surface area contributed by atoms with Crippen molar-refractivity contribution in [1.82, 2.24) is 14.7 Å². The summed E-state index contributed by atoms with van der Waals surface area (Å²) in [6, 6.07) is 0. The molecule has 8 nitrogen and oxygen atoms in total. The smallest absolute Gasteiger partial charge is 0.307 e. The van der Waals surface area contributed by atoms with E-state index in [1.54, 1.807) is 11.9 Å². The first-order valence-electron chi connectivity index (χ1n) is 5.86. The van der Waals surface area contributed by atoms with Crippen molar-refractivity contribution in [3.05, 3.63) is 22.5 Å². The van der Waals surface area contributed by atoms with E-state index in [2.05, 4.69) is 5.10 Å². The molecule has 0 fully saturated rings. The van der Waals surface area contributed by atoms with Crippen molar-refractivity contribution in [2.75, 3.05) is 20.1 Å². The lowest BCUT2D eigenvalue weighted by atomic mass is 9.93. The Morgan fingerprint density at radius 2 is 2.26 bits per heavy atom. The molecule has 19 heavy (non-hydrogen) atoms. The second-order valence-corrected chi connectivity index (χ2v) is 5.27. The fraction of sp³-hybridized carbons (Fsp3) is 0.636. The zero-order chi connectivity index (χ0) is 14.6. The van der Waals surface area contributed by atoms with Crippen LogP contribution in [0.5, 0.6) is 0 Å². The number of hydrogen-bond donors (Lipinski definition) is 1. The summed E-state index contributed by atoms with van der Waals surface area (Å²) < 4.78 is 1.26. The van der Waals surface area contributed by atoms with Crippen molar-refractivity contribution in [3.8, 4) is 0 Å². The predicted octanol–water partition coefficient (Wildman–Crippen LogP) is 0.235. The van der Waals surface area contributed by atoms with Crippen LogP contribution in [0.4, 0.5) is 5.69 Å². The average Bonchev–Trinajstić information content (AvgIpc) is 2.77. The van der Waals surface area contributed by atoms with E-state index in [-0.39, 0.29) is 23.6 Å². The third-order valence-electron chi connectivity index (χ3n) is 2.77. The van der Waals surface area contributed by atoms with Gasteiger partial charge in [0.2, 0.25) is 5.91 Å². The second kappa shape index (κ2) is 5.79. The van der Waals surface area contributed by atoms with Gasteiger partial charge in [-0.05, 0) is 12.0 Å². The molecule has 0 saturated carbocycles. The van der Waals surface area contributed by atoms with Crippen molar-refractivity contribution in [2.24, 2.45) is 11.1 Å². The number of nitro groups is 1. The summed E-state index contributed by atoms with van der Waals surface area (Å²) >= 11 is 0. The van der Waals surface area contributed by atoms with E-state index in [1.165, 1.54) is 10.9 Å². The molecule has 1 aromatic rings. The lowest BCUT2D eigenvalue weighted by Crippen LogP contribution is -2.41. The van der Waals surface area contributed by atoms with Crippen LogP contribution in [-0.4, -0.2) is 45.6 Å². The van der Waals surface area contributed by atoms with Crippen molar-refractivity contribution in [3.63, 3.8) is 0 Å². The third kappa shape index (κ3) is 4.32. The monoisotopic (exact) mass is 269 g/mol. The highest BCUT2D eigenvalue weighted by Gasteiger charge is 2.21. The number of likely N-dealkylation sites (N-methyl/N-ethyl adjacent to an activating group) is 1. The summed E-state index contributed by atoms with van der Waals surface area (Å²) in [6.45, 7) is 4.90. The van der Waals surface area contributed by atoms with Gasteiger partial charge in [0, 0.05) is 13.6 Å². The van der Waals surface area contributed by atoms with E-state index >= 15 is 0 Å². The molecule has 1 heterocycles. The highest BCUT2D eigenvalue weighted by atomic mass is 16.6. The van der Waals surface area contributed by atoms with E-state index in [4.69, 9.17) is 5.73 Å². The van der Waals surface area contributed by atoms with Crippen molar-refractivity contribution < 1.29 is 9.72 Å². The van der Waals surface area contributed by atoms with Crippen LogP contribution >= 0.6 is 0 Å². The Labute approximate surface area is 111 Å². The molecule has 0 atom stereocenters. The minimum absolute atomic E-state index is 0.0228. The first kappa shape index (κ1) is 15.1. The van der Waals surface area contributed by atoms with E-state index in [1.807, 2.05) is 13.8 Å². The van der Waals surface area contributed by atoms with Crippen LogP contribution in [0, 0.1) is 15.5 Å². The Bertz CT molecular complexity index is 469. The molecule has 0 aliphatic heterocycles. The Kier molecular flexibility index (Phi) is 4.60. The van der Waals surface area contributed by atoms with E-state index < -0.39 is 4.92 Å². The SMILES string of the molecule is CN(CC(C)(C)CN)C(=O)Cn1cc([N+](=O)[O-])cn1. The van der Waals surface area contributed by atoms with Gasteiger partial charge in [-0.3, -0.25) is 19.6 Å². The number of carbonyl (C=O) groups excluding carboxylic acids is 1. The summed E-state index contributed by atoms with van der Waals surface area (Å²) in [4.78, 5) is 23.5. The van der Waals surface area contributed by atoms with Gasteiger partial charge in [0.1, 0.15) is 18.9 Å². The molecule has 2 N–H and O–H groups in total. The van der Waals surface area contributed by atoms with Gasteiger partial charge in [-0.2, -0.15) is 5.10 Å². The van der Waals surface area contributed by atoms with Crippen LogP contribution in [0.3, 0.4) is 0 Å². The molecule has 106 valence electrons. The largest absolute Gasteiger partial charge is 0.344 e. The molecule has 0 radical (unpaired) electrons. The van der Waals surface area contributed by atoms with Crippen LogP contribution in [0.25, 0.3) is 0 Å². The summed E-state index contributed by atoms with van der Waals surface area (Å²) in [6.07, 6.45) is 2.36. The third-order valence-corrected chi connectivity index (χ3v) is 2.77. The van der Waals surface area contributed by atoms with Crippen molar-refractivity contribution >= 4 is 11.6 Å². The number of amides is 1. The van der Waals surface area contributed by atoms with E-state index in [0.29, 0.717) is 13.1 Å². The lowest BCUT2D eigenvalue weighted by molar-refractivity contribution is -0.385. The molecule has 0 bridgehead atoms. The summed E-state index contributed by atoms with van der Waals surface area (Å²) in [5.41, 5.74) is 5.32. The standard InChI is InChI=1S/C11H19N5O3/c1-11(2,7-12)8-14(3)10(17)6-15-5-9(4-13-15)16(18)19/h4-5H,6-8,12H2,1-3H3. The highest BCUT2D eigenvalue weighted by Crippen LogP contribution is 2.14. The lowest BCUT2D eigenvalue weighted by Gasteiger charge is -2.29. The number of rotatable bonds is 6. The molecule has 1 aromatic heterocycles. The van der Waals surface area contributed by atoms with Crippen LogP contribution < -0.4 is 5.73 Å². The molecule has 0 aliphatic rings. The maximum Gasteiger partial charge on any atom is 0.307 e. The highest BCUT2D eigenvalue weighted by molar-refractivity contribution is 5.75. The molecule has 0 aromatic carbocycles. The zero-order valence-electron chi connectivity index (χ0n) is 11.4. The second-order valence-electron chi connectivity index (χ2n) is 5.27. The predicted molar refractivity (Wildman–Crippen MR) is 69.4 cm³/mol. The molecular weight excluding hydrogens is 250 g/mol. The maximum atomic E-state index is 11.9. The Hall–Kier alpha value is -1.96. The van der Waals surface area contributed by atoms with Gasteiger partial charge in [-0.25, -0.2) is 0 Å². The number of hydrogen-bond acceptors (Lipinski definition) is 5. The summed E-state index contributed by atoms with van der Waals surface area (Å²) in [7, 11) is 1.68. The van der Waals surface area contributed by atoms with E-state index in [9.17, 15) is 14.9 Å². The first-order chi connectivity index (χ1) is 8.75. The summed E-state index contributed by atoms with van der Waals surface area (Å²) in [5, 5.41) is 14.3. The van der Waals surface area contributed by atoms with Gasteiger partial charge in [0.05, 0.1) is 4.92 Å². The van der Waals surface area contributed by atoms with Crippen molar-refractivity contribution in [2.45, 2.75) is 20.4 Å². The zero-order valence-corrected chi connectivity index (χ0v) is 11.4. The van der Waals surface area contributed by atoms with Gasteiger partial charge in [-0.15, -0.1) is 0 Å². The fourth-order valence-corrected chi connectivity index (χ4v) is 1.59. The van der Waals surface area contributed by atoms with Gasteiger partial charge in [-0.1, -0.05) is 13.8 Å². The van der Waals surface area contributed by atoms with Gasteiger partial charge >= 0.3 is 5.69 Å². The molecule has 1 amide bonds. The Balaban J connectivity index is 2.61. The molecule has 1 rings (SSSR count). The van der Waals surface area contributed by atoms with Crippen LogP contribution in [-0.2, 0) is 11.3 Å². The number of nitrogens with two attached hydrogens (primary N) is 1. The van der Waals surface area contributed by atoms with Crippen LogP contribution in [0.1, 0.15) is 13.8 Å². The van der Waals surface area contributed by atoms with Gasteiger partial charge in [0.25, 0.3) is 0 Å². The van der Waals surface area contributed by atoms with Gasteiger partial charge in [0.15, 0.2) is 0 Å². The number of aromatic nitrogens is 2. The molecule has 8 heteroatoms. The van der Waals surface area contributed by atoms with E-state index in [0.717, 1.165) is 6.20 Å². The molecular formula is C11H19N5O3. The molecule has 0 spiro atoms. The topological polar surface area (TPSA) is 107 Å². The Morgan fingerprint density at radius 1 is 1.63 bits per heavy atom. The maximum absolute atomic E-state index is 11.9. The van der Waals surface area contributed by atoms with Gasteiger partial charge < -0.3 is 10.6 Å². The Morgan fingerprint density at radius 3 is 2.74 bits per heavy atom. The van der Waals surface area contributed by atoms with Crippen molar-refractivity contribution in [1.29, 1.82) is 0 Å². The quantitative estimate of drug-likeness (QED) is 0.587. The first-order valence-corrected chi connectivity index (χ1v) is 5.86. The van der Waals surface area contributed by atoms with Crippen LogP contribution in [0.2, 0.25) is 0 Å². The minimum atomic E-state index is -0.546. The average molecular weight is 269 g/mol. The molecule has 0 unspecified atom stereocenters. The fourth-order valence-electron chi connectivity index (χ4n) is 1.59. The number of nitrogens with zero attached hydrogens (tertiary/aromatic N) is 4. The van der Waals surface area contributed by atoms with Crippen LogP contribution in [0.15, 0.2) is 12.4 Å². The molecule has 0 saturated heterocycles. The molecule has 0 aliphatic carbocycles. The number of carbonyl (C=O) groups is 1. The normalized spacial score (nSPS) is 11.4. The summed E-state index contributed by atoms with van der Waals surface area (Å²) in [5.74, 6) is -0.167. The minimum Gasteiger partial charge on any atom is -0.344 e.